The van der Waals surface area contributed by atoms with Crippen LogP contribution in [0, 0.1) is 0 Å². The van der Waals surface area contributed by atoms with E-state index in [1.807, 2.05) is 24.3 Å². The Morgan fingerprint density at radius 1 is 1.00 bits per heavy atom. The SMILES string of the molecule is CN(C)S(=O)(=O)c1ccc(C(=O)NCc2ccnc(-c3ccncc3)c2)cc1. The molecule has 0 unspecified atom stereocenters. The van der Waals surface area contributed by atoms with Crippen LogP contribution in [0.2, 0.25) is 0 Å². The lowest BCUT2D eigenvalue weighted by atomic mass is 10.1. The molecule has 7 nitrogen and oxygen atoms in total. The number of nitrogens with one attached hydrogen (secondary N) is 1. The molecule has 0 aliphatic heterocycles. The molecule has 8 heteroatoms. The quantitative estimate of drug-likeness (QED) is 0.690. The van der Waals surface area contributed by atoms with Gasteiger partial charge >= 0.3 is 0 Å². The van der Waals surface area contributed by atoms with Crippen LogP contribution in [-0.2, 0) is 16.6 Å². The molecule has 0 bridgehead atoms. The summed E-state index contributed by atoms with van der Waals surface area (Å²) in [7, 11) is -0.589. The van der Waals surface area contributed by atoms with Gasteiger partial charge in [-0.1, -0.05) is 0 Å². The van der Waals surface area contributed by atoms with E-state index in [4.69, 9.17) is 0 Å². The molecule has 28 heavy (non-hydrogen) atoms. The Kier molecular flexibility index (Phi) is 5.81. The molecule has 3 rings (SSSR count). The number of hydrogen-bond donors (Lipinski definition) is 1. The molecule has 0 radical (unpaired) electrons. The van der Waals surface area contributed by atoms with Crippen molar-refractivity contribution in [3.05, 3.63) is 78.2 Å². The molecule has 144 valence electrons. The maximum absolute atomic E-state index is 12.4. The molecule has 3 aromatic rings. The minimum absolute atomic E-state index is 0.144. The van der Waals surface area contributed by atoms with Gasteiger partial charge in [-0.25, -0.2) is 12.7 Å². The fraction of sp³-hybridized carbons (Fsp3) is 0.150. The molecule has 0 atom stereocenters. The molecular weight excluding hydrogens is 376 g/mol. The zero-order valence-electron chi connectivity index (χ0n) is 15.5. The Morgan fingerprint density at radius 2 is 1.68 bits per heavy atom. The first-order valence-electron chi connectivity index (χ1n) is 8.54. The van der Waals surface area contributed by atoms with Gasteiger partial charge in [0.1, 0.15) is 0 Å². The van der Waals surface area contributed by atoms with E-state index in [-0.39, 0.29) is 10.8 Å². The third-order valence-electron chi connectivity index (χ3n) is 4.15. The van der Waals surface area contributed by atoms with Crippen molar-refractivity contribution in [3.63, 3.8) is 0 Å². The second-order valence-corrected chi connectivity index (χ2v) is 8.43. The van der Waals surface area contributed by atoms with Crippen LogP contribution in [0.4, 0.5) is 0 Å². The lowest BCUT2D eigenvalue weighted by molar-refractivity contribution is 0.0951. The van der Waals surface area contributed by atoms with Crippen molar-refractivity contribution in [1.82, 2.24) is 19.6 Å². The minimum atomic E-state index is -3.52. The van der Waals surface area contributed by atoms with Gasteiger partial charge in [-0.2, -0.15) is 0 Å². The number of rotatable bonds is 6. The zero-order valence-corrected chi connectivity index (χ0v) is 16.3. The molecule has 2 heterocycles. The fourth-order valence-electron chi connectivity index (χ4n) is 2.54. The molecule has 1 N–H and O–H groups in total. The van der Waals surface area contributed by atoms with Crippen LogP contribution in [0.3, 0.4) is 0 Å². The Morgan fingerprint density at radius 3 is 2.32 bits per heavy atom. The highest BCUT2D eigenvalue weighted by atomic mass is 32.2. The molecule has 0 spiro atoms. The van der Waals surface area contributed by atoms with Crippen molar-refractivity contribution in [2.75, 3.05) is 14.1 Å². The summed E-state index contributed by atoms with van der Waals surface area (Å²) < 4.78 is 25.3. The fourth-order valence-corrected chi connectivity index (χ4v) is 3.44. The Bertz CT molecular complexity index is 1070. The summed E-state index contributed by atoms with van der Waals surface area (Å²) in [5.41, 5.74) is 3.04. The third kappa shape index (κ3) is 4.41. The smallest absolute Gasteiger partial charge is 0.251 e. The Balaban J connectivity index is 1.68. The lowest BCUT2D eigenvalue weighted by Crippen LogP contribution is -2.24. The van der Waals surface area contributed by atoms with Gasteiger partial charge in [-0.05, 0) is 54.1 Å². The van der Waals surface area contributed by atoms with Crippen LogP contribution in [0.1, 0.15) is 15.9 Å². The summed E-state index contributed by atoms with van der Waals surface area (Å²) in [5.74, 6) is -0.281. The van der Waals surface area contributed by atoms with Crippen LogP contribution < -0.4 is 5.32 Å². The van der Waals surface area contributed by atoms with Crippen molar-refractivity contribution < 1.29 is 13.2 Å². The standard InChI is InChI=1S/C20H20N4O3S/c1-24(2)28(26,27)18-5-3-17(4-6-18)20(25)23-14-15-7-12-22-19(13-15)16-8-10-21-11-9-16/h3-13H,14H2,1-2H3,(H,23,25). The first-order valence-corrected chi connectivity index (χ1v) is 9.98. The van der Waals surface area contributed by atoms with Gasteiger partial charge in [-0.3, -0.25) is 14.8 Å². The van der Waals surface area contributed by atoms with E-state index in [0.29, 0.717) is 12.1 Å². The molecule has 0 saturated heterocycles. The average molecular weight is 396 g/mol. The second-order valence-electron chi connectivity index (χ2n) is 6.28. The van der Waals surface area contributed by atoms with E-state index in [1.54, 1.807) is 18.6 Å². The zero-order chi connectivity index (χ0) is 20.1. The second kappa shape index (κ2) is 8.28. The van der Waals surface area contributed by atoms with Crippen LogP contribution in [0.15, 0.2) is 72.0 Å². The maximum Gasteiger partial charge on any atom is 0.251 e. The monoisotopic (exact) mass is 396 g/mol. The van der Waals surface area contributed by atoms with Crippen molar-refractivity contribution in [2.24, 2.45) is 0 Å². The van der Waals surface area contributed by atoms with Gasteiger partial charge in [0, 0.05) is 50.4 Å². The Hall–Kier alpha value is -3.10. The summed E-state index contributed by atoms with van der Waals surface area (Å²) in [6, 6.07) is 13.3. The maximum atomic E-state index is 12.4. The number of pyridine rings is 2. The van der Waals surface area contributed by atoms with E-state index in [0.717, 1.165) is 21.1 Å². The van der Waals surface area contributed by atoms with Gasteiger partial charge in [0.25, 0.3) is 5.91 Å². The van der Waals surface area contributed by atoms with E-state index >= 15 is 0 Å². The predicted molar refractivity (Wildman–Crippen MR) is 106 cm³/mol. The van der Waals surface area contributed by atoms with Crippen molar-refractivity contribution >= 4 is 15.9 Å². The molecule has 0 aliphatic carbocycles. The van der Waals surface area contributed by atoms with E-state index in [9.17, 15) is 13.2 Å². The number of carbonyl (C=O) groups is 1. The summed E-state index contributed by atoms with van der Waals surface area (Å²) in [6.45, 7) is 0.331. The first kappa shape index (κ1) is 19.7. The number of amides is 1. The van der Waals surface area contributed by atoms with Crippen LogP contribution in [0.25, 0.3) is 11.3 Å². The summed E-state index contributed by atoms with van der Waals surface area (Å²) in [4.78, 5) is 20.8. The number of carbonyl (C=O) groups excluding carboxylic acids is 1. The summed E-state index contributed by atoms with van der Waals surface area (Å²) in [5, 5.41) is 2.84. The lowest BCUT2D eigenvalue weighted by Gasteiger charge is -2.12. The predicted octanol–water partition coefficient (Wildman–Crippen LogP) is 2.32. The molecule has 2 aromatic heterocycles. The third-order valence-corrected chi connectivity index (χ3v) is 5.98. The number of nitrogens with zero attached hydrogens (tertiary/aromatic N) is 3. The highest BCUT2D eigenvalue weighted by molar-refractivity contribution is 7.89. The van der Waals surface area contributed by atoms with Crippen LogP contribution in [0.5, 0.6) is 0 Å². The molecule has 1 aromatic carbocycles. The normalized spacial score (nSPS) is 11.4. The molecule has 1 amide bonds. The molecule has 0 aliphatic rings. The average Bonchev–Trinajstić information content (AvgIpc) is 2.73. The van der Waals surface area contributed by atoms with Crippen molar-refractivity contribution in [3.8, 4) is 11.3 Å². The number of aromatic nitrogens is 2. The first-order chi connectivity index (χ1) is 13.4. The van der Waals surface area contributed by atoms with E-state index < -0.39 is 10.0 Å². The topological polar surface area (TPSA) is 92.3 Å². The molecule has 0 saturated carbocycles. The van der Waals surface area contributed by atoms with Crippen LogP contribution in [-0.4, -0.2) is 42.7 Å². The number of sulfonamides is 1. The largest absolute Gasteiger partial charge is 0.348 e. The molecular formula is C20H20N4O3S. The van der Waals surface area contributed by atoms with E-state index in [1.165, 1.54) is 38.4 Å². The van der Waals surface area contributed by atoms with Gasteiger partial charge in [-0.15, -0.1) is 0 Å². The number of benzene rings is 1. The highest BCUT2D eigenvalue weighted by Gasteiger charge is 2.17. The van der Waals surface area contributed by atoms with Crippen molar-refractivity contribution in [2.45, 2.75) is 11.4 Å². The molecule has 0 fully saturated rings. The highest BCUT2D eigenvalue weighted by Crippen LogP contribution is 2.17. The summed E-state index contributed by atoms with van der Waals surface area (Å²) >= 11 is 0. The van der Waals surface area contributed by atoms with Gasteiger partial charge in [0.15, 0.2) is 0 Å². The van der Waals surface area contributed by atoms with Crippen LogP contribution >= 0.6 is 0 Å². The summed E-state index contributed by atoms with van der Waals surface area (Å²) in [6.07, 6.45) is 5.09. The number of hydrogen-bond acceptors (Lipinski definition) is 5. The Labute approximate surface area is 164 Å². The van der Waals surface area contributed by atoms with E-state index in [2.05, 4.69) is 15.3 Å². The van der Waals surface area contributed by atoms with Gasteiger partial charge < -0.3 is 5.32 Å². The van der Waals surface area contributed by atoms with Crippen molar-refractivity contribution in [1.29, 1.82) is 0 Å². The minimum Gasteiger partial charge on any atom is -0.348 e. The van der Waals surface area contributed by atoms with Gasteiger partial charge in [0.2, 0.25) is 10.0 Å². The van der Waals surface area contributed by atoms with Gasteiger partial charge in [0.05, 0.1) is 10.6 Å².